The third-order valence-corrected chi connectivity index (χ3v) is 2.81. The molecule has 0 atom stereocenters. The van der Waals surface area contributed by atoms with Crippen LogP contribution < -0.4 is 0 Å². The summed E-state index contributed by atoms with van der Waals surface area (Å²) in [4.78, 5) is 22.2. The van der Waals surface area contributed by atoms with Gasteiger partial charge in [-0.25, -0.2) is 18.3 Å². The Morgan fingerprint density at radius 1 is 1.40 bits per heavy atom. The molecule has 1 aliphatic heterocycles. The Hall–Kier alpha value is -2.20. The summed E-state index contributed by atoms with van der Waals surface area (Å²) in [5, 5.41) is 15.4. The van der Waals surface area contributed by atoms with Gasteiger partial charge in [0.1, 0.15) is 0 Å². The second-order valence-corrected chi connectivity index (χ2v) is 4.18. The first kappa shape index (κ1) is 14.2. The van der Waals surface area contributed by atoms with Crippen LogP contribution in [0.1, 0.15) is 16.5 Å². The van der Waals surface area contributed by atoms with E-state index in [2.05, 4.69) is 10.3 Å². The molecule has 11 heteroatoms. The molecule has 20 heavy (non-hydrogen) atoms. The number of carboxylic acids is 1. The van der Waals surface area contributed by atoms with Crippen LogP contribution in [0, 0.1) is 0 Å². The fraction of sp³-hybridized carbons (Fsp3) is 0.556. The first-order valence-corrected chi connectivity index (χ1v) is 5.34. The van der Waals surface area contributed by atoms with Crippen molar-refractivity contribution in [1.82, 2.24) is 19.9 Å². The van der Waals surface area contributed by atoms with Crippen LogP contribution in [0.15, 0.2) is 6.20 Å². The van der Waals surface area contributed by atoms with Crippen molar-refractivity contribution in [2.24, 2.45) is 0 Å². The van der Waals surface area contributed by atoms with Gasteiger partial charge in [0.05, 0.1) is 12.2 Å². The molecule has 1 N–H and O–H groups in total. The number of likely N-dealkylation sites (tertiary alicyclic amines) is 1. The molecule has 7 nitrogen and oxygen atoms in total. The number of hydrogen-bond acceptors (Lipinski definition) is 4. The summed E-state index contributed by atoms with van der Waals surface area (Å²) in [7, 11) is 0. The van der Waals surface area contributed by atoms with Crippen LogP contribution in [0.2, 0.25) is 0 Å². The van der Waals surface area contributed by atoms with Gasteiger partial charge in [-0.1, -0.05) is 5.21 Å². The van der Waals surface area contributed by atoms with Gasteiger partial charge in [0.25, 0.3) is 5.91 Å². The van der Waals surface area contributed by atoms with Crippen molar-refractivity contribution in [2.45, 2.75) is 18.4 Å². The van der Waals surface area contributed by atoms with E-state index in [0.717, 1.165) is 10.9 Å². The highest BCUT2D eigenvalue weighted by Crippen LogP contribution is 2.30. The van der Waals surface area contributed by atoms with E-state index in [0.29, 0.717) is 4.90 Å². The third kappa shape index (κ3) is 2.30. The maximum Gasteiger partial charge on any atom is 0.383 e. The second-order valence-electron chi connectivity index (χ2n) is 4.18. The number of hydrogen-bond donors (Lipinski definition) is 1. The van der Waals surface area contributed by atoms with Crippen molar-refractivity contribution in [2.75, 3.05) is 13.1 Å². The smallest absolute Gasteiger partial charge is 0.383 e. The van der Waals surface area contributed by atoms with Crippen LogP contribution in [0.4, 0.5) is 17.6 Å². The summed E-state index contributed by atoms with van der Waals surface area (Å²) >= 11 is 0. The lowest BCUT2D eigenvalue weighted by Crippen LogP contribution is -2.57. The molecule has 2 heterocycles. The maximum atomic E-state index is 12.8. The van der Waals surface area contributed by atoms with Crippen LogP contribution in [-0.4, -0.2) is 62.3 Å². The van der Waals surface area contributed by atoms with Gasteiger partial charge < -0.3 is 10.0 Å². The summed E-state index contributed by atoms with van der Waals surface area (Å²) in [6.45, 7) is -0.521. The van der Waals surface area contributed by atoms with Crippen molar-refractivity contribution in [3.8, 4) is 0 Å². The van der Waals surface area contributed by atoms with Crippen LogP contribution in [0.5, 0.6) is 0 Å². The van der Waals surface area contributed by atoms with Crippen molar-refractivity contribution in [3.05, 3.63) is 11.9 Å². The van der Waals surface area contributed by atoms with E-state index in [-0.39, 0.29) is 18.8 Å². The largest absolute Gasteiger partial charge is 0.476 e. The van der Waals surface area contributed by atoms with E-state index < -0.39 is 30.3 Å². The summed E-state index contributed by atoms with van der Waals surface area (Å²) in [6, 6.07) is -0.562. The molecule has 0 aliphatic carbocycles. The average Bonchev–Trinajstić information content (AvgIpc) is 2.75. The molecule has 0 bridgehead atoms. The molecule has 1 amide bonds. The highest BCUT2D eigenvalue weighted by molar-refractivity contribution is 5.85. The predicted molar refractivity (Wildman–Crippen MR) is 53.5 cm³/mol. The zero-order chi connectivity index (χ0) is 15.1. The summed E-state index contributed by atoms with van der Waals surface area (Å²) in [6.07, 6.45) is -3.00. The third-order valence-electron chi connectivity index (χ3n) is 2.81. The number of amides is 1. The molecule has 1 fully saturated rings. The molecular formula is C9H8F4N4O3. The van der Waals surface area contributed by atoms with Gasteiger partial charge in [-0.3, -0.25) is 4.79 Å². The fourth-order valence-electron chi connectivity index (χ4n) is 1.65. The summed E-state index contributed by atoms with van der Waals surface area (Å²) in [5.74, 6) is -7.99. The quantitative estimate of drug-likeness (QED) is 0.805. The molecule has 0 aromatic carbocycles. The van der Waals surface area contributed by atoms with Crippen LogP contribution in [-0.2, 0) is 4.79 Å². The topological polar surface area (TPSA) is 88.3 Å². The number of aromatic nitrogens is 3. The molecule has 1 aromatic heterocycles. The Bertz CT molecular complexity index is 541. The van der Waals surface area contributed by atoms with Gasteiger partial charge in [-0.15, -0.1) is 5.10 Å². The summed E-state index contributed by atoms with van der Waals surface area (Å²) < 4.78 is 50.7. The molecule has 0 radical (unpaired) electrons. The van der Waals surface area contributed by atoms with Crippen molar-refractivity contribution in [1.29, 1.82) is 0 Å². The maximum absolute atomic E-state index is 12.8. The first-order chi connectivity index (χ1) is 9.23. The number of carboxylic acid groups (broad SMARTS) is 1. The number of rotatable bonds is 4. The molecule has 1 aliphatic rings. The van der Waals surface area contributed by atoms with Gasteiger partial charge in [0.2, 0.25) is 0 Å². The lowest BCUT2D eigenvalue weighted by molar-refractivity contribution is -0.186. The molecule has 1 aromatic rings. The monoisotopic (exact) mass is 296 g/mol. The normalized spacial score (nSPS) is 16.4. The Labute approximate surface area is 108 Å². The molecule has 0 unspecified atom stereocenters. The van der Waals surface area contributed by atoms with Crippen LogP contribution in [0.3, 0.4) is 0 Å². The summed E-state index contributed by atoms with van der Waals surface area (Å²) in [5.41, 5.74) is -0.340. The number of carbonyl (C=O) groups is 2. The lowest BCUT2D eigenvalue weighted by atomic mass is 10.1. The van der Waals surface area contributed by atoms with E-state index in [1.807, 2.05) is 0 Å². The molecule has 110 valence electrons. The molecule has 2 rings (SSSR count). The Balaban J connectivity index is 1.97. The van der Waals surface area contributed by atoms with Crippen LogP contribution in [0.25, 0.3) is 0 Å². The molecular weight excluding hydrogens is 288 g/mol. The molecule has 0 saturated carbocycles. The Morgan fingerprint density at radius 3 is 2.45 bits per heavy atom. The highest BCUT2D eigenvalue weighted by Gasteiger charge is 2.53. The van der Waals surface area contributed by atoms with Gasteiger partial charge in [0.15, 0.2) is 5.69 Å². The number of alkyl halides is 4. The Morgan fingerprint density at radius 2 is 2.00 bits per heavy atom. The Kier molecular flexibility index (Phi) is 3.36. The predicted octanol–water partition coefficient (Wildman–Crippen LogP) is 0.260. The zero-order valence-electron chi connectivity index (χ0n) is 9.71. The van der Waals surface area contributed by atoms with Crippen LogP contribution >= 0.6 is 0 Å². The van der Waals surface area contributed by atoms with Gasteiger partial charge in [-0.2, -0.15) is 8.78 Å². The minimum atomic E-state index is -4.72. The number of aromatic carboxylic acids is 1. The minimum Gasteiger partial charge on any atom is -0.476 e. The van der Waals surface area contributed by atoms with E-state index >= 15 is 0 Å². The number of nitrogens with zero attached hydrogens (tertiary/aromatic N) is 4. The average molecular weight is 296 g/mol. The van der Waals surface area contributed by atoms with E-state index in [9.17, 15) is 27.2 Å². The van der Waals surface area contributed by atoms with E-state index in [4.69, 9.17) is 5.11 Å². The van der Waals surface area contributed by atoms with Gasteiger partial charge in [0, 0.05) is 13.1 Å². The first-order valence-electron chi connectivity index (χ1n) is 5.34. The van der Waals surface area contributed by atoms with Gasteiger partial charge >= 0.3 is 18.3 Å². The minimum absolute atomic E-state index is 0.260. The fourth-order valence-corrected chi connectivity index (χ4v) is 1.65. The number of halogens is 4. The lowest BCUT2D eigenvalue weighted by Gasteiger charge is -2.40. The van der Waals surface area contributed by atoms with E-state index in [1.165, 1.54) is 0 Å². The standard InChI is InChI=1S/C9H8F4N4O3/c10-7(11)9(12,13)8(20)16-1-4(2-16)17-3-5(6(18)19)14-15-17/h3-4,7H,1-2H2,(H,18,19). The van der Waals surface area contributed by atoms with Crippen molar-refractivity contribution >= 4 is 11.9 Å². The zero-order valence-corrected chi connectivity index (χ0v) is 9.71. The van der Waals surface area contributed by atoms with Gasteiger partial charge in [-0.05, 0) is 0 Å². The second kappa shape index (κ2) is 4.72. The van der Waals surface area contributed by atoms with Crippen molar-refractivity contribution in [3.63, 3.8) is 0 Å². The highest BCUT2D eigenvalue weighted by atomic mass is 19.3. The molecule has 0 spiro atoms. The van der Waals surface area contributed by atoms with E-state index in [1.54, 1.807) is 0 Å². The number of carbonyl (C=O) groups excluding carboxylic acids is 1. The molecule has 1 saturated heterocycles. The SMILES string of the molecule is O=C(O)c1cn(C2CN(C(=O)C(F)(F)C(F)F)C2)nn1. The van der Waals surface area contributed by atoms with Crippen molar-refractivity contribution < 1.29 is 32.3 Å².